The lowest BCUT2D eigenvalue weighted by Gasteiger charge is -2.18. The third-order valence-electron chi connectivity index (χ3n) is 5.25. The number of aromatic nitrogens is 2. The molecule has 2 amide bonds. The van der Waals surface area contributed by atoms with Crippen LogP contribution >= 0.6 is 0 Å². The number of ketones is 1. The molecule has 0 atom stereocenters. The summed E-state index contributed by atoms with van der Waals surface area (Å²) in [6, 6.07) is 10.0. The molecule has 2 aromatic heterocycles. The summed E-state index contributed by atoms with van der Waals surface area (Å²) in [6.07, 6.45) is -2.59. The standard InChI is InChI=1S/C23H21F3N4O4/c1-15-12-18(28-34-15)4-7-20(31)17-8-9-27-21(13-17)30-11-10-29(22(30)32)14-16-2-5-19(6-3-16)33-23(24,25)26/h2-3,5-6,8-9,12-13H,4,7,10-11,14H2,1H3. The van der Waals surface area contributed by atoms with E-state index in [0.717, 1.165) is 0 Å². The normalized spacial score (nSPS) is 14.1. The lowest BCUT2D eigenvalue weighted by Crippen LogP contribution is -2.32. The molecule has 0 N–H and O–H groups in total. The first-order chi connectivity index (χ1) is 16.2. The lowest BCUT2D eigenvalue weighted by molar-refractivity contribution is -0.274. The van der Waals surface area contributed by atoms with Gasteiger partial charge in [0.2, 0.25) is 0 Å². The van der Waals surface area contributed by atoms with E-state index >= 15 is 0 Å². The quantitative estimate of drug-likeness (QED) is 0.446. The van der Waals surface area contributed by atoms with Crippen molar-refractivity contribution < 1.29 is 32.0 Å². The fraction of sp³-hybridized carbons (Fsp3) is 0.304. The molecule has 1 saturated heterocycles. The fourth-order valence-corrected chi connectivity index (χ4v) is 3.62. The second-order valence-corrected chi connectivity index (χ2v) is 7.80. The van der Waals surface area contributed by atoms with Gasteiger partial charge in [0, 0.05) is 50.3 Å². The highest BCUT2D eigenvalue weighted by atomic mass is 19.4. The first-order valence-electron chi connectivity index (χ1n) is 10.5. The number of benzene rings is 1. The monoisotopic (exact) mass is 474 g/mol. The minimum atomic E-state index is -4.76. The number of Topliss-reactive ketones (excluding diaryl/α,β-unsaturated/α-hetero) is 1. The Morgan fingerprint density at radius 1 is 1.15 bits per heavy atom. The number of carbonyl (C=O) groups is 2. The number of amides is 2. The number of hydrogen-bond donors (Lipinski definition) is 0. The molecule has 1 aromatic carbocycles. The van der Waals surface area contributed by atoms with Crippen molar-refractivity contribution >= 4 is 17.6 Å². The number of nitrogens with zero attached hydrogens (tertiary/aromatic N) is 4. The molecule has 11 heteroatoms. The molecular weight excluding hydrogens is 453 g/mol. The summed E-state index contributed by atoms with van der Waals surface area (Å²) in [5.74, 6) is 0.616. The van der Waals surface area contributed by atoms with Crippen LogP contribution in [0, 0.1) is 6.92 Å². The molecule has 4 rings (SSSR count). The van der Waals surface area contributed by atoms with E-state index < -0.39 is 6.36 Å². The van der Waals surface area contributed by atoms with Gasteiger partial charge in [-0.15, -0.1) is 13.2 Å². The van der Waals surface area contributed by atoms with Crippen molar-refractivity contribution in [1.29, 1.82) is 0 Å². The Hall–Kier alpha value is -3.89. The van der Waals surface area contributed by atoms with Crippen molar-refractivity contribution in [2.75, 3.05) is 18.0 Å². The summed E-state index contributed by atoms with van der Waals surface area (Å²) in [7, 11) is 0. The maximum atomic E-state index is 12.9. The minimum absolute atomic E-state index is 0.103. The zero-order valence-electron chi connectivity index (χ0n) is 18.2. The van der Waals surface area contributed by atoms with Crippen LogP contribution in [0.25, 0.3) is 0 Å². The second kappa shape index (κ2) is 9.54. The van der Waals surface area contributed by atoms with Crippen LogP contribution in [-0.2, 0) is 13.0 Å². The van der Waals surface area contributed by atoms with Gasteiger partial charge in [-0.1, -0.05) is 17.3 Å². The van der Waals surface area contributed by atoms with Crippen LogP contribution in [0.4, 0.5) is 23.8 Å². The number of urea groups is 1. The molecule has 0 saturated carbocycles. The zero-order valence-corrected chi connectivity index (χ0v) is 18.2. The topological polar surface area (TPSA) is 88.8 Å². The molecule has 3 aromatic rings. The van der Waals surface area contributed by atoms with Crippen molar-refractivity contribution in [3.63, 3.8) is 0 Å². The minimum Gasteiger partial charge on any atom is -0.406 e. The molecule has 0 unspecified atom stereocenters. The number of ether oxygens (including phenoxy) is 1. The third-order valence-corrected chi connectivity index (χ3v) is 5.25. The lowest BCUT2D eigenvalue weighted by atomic mass is 10.1. The van der Waals surface area contributed by atoms with Crippen LogP contribution in [0.1, 0.15) is 33.8 Å². The van der Waals surface area contributed by atoms with Crippen LogP contribution in [0.2, 0.25) is 0 Å². The van der Waals surface area contributed by atoms with Gasteiger partial charge in [-0.2, -0.15) is 0 Å². The van der Waals surface area contributed by atoms with Crippen LogP contribution in [0.3, 0.4) is 0 Å². The summed E-state index contributed by atoms with van der Waals surface area (Å²) in [5.41, 5.74) is 1.80. The number of hydrogen-bond acceptors (Lipinski definition) is 6. The van der Waals surface area contributed by atoms with Gasteiger partial charge >= 0.3 is 12.4 Å². The number of rotatable bonds is 8. The largest absolute Gasteiger partial charge is 0.573 e. The van der Waals surface area contributed by atoms with Gasteiger partial charge < -0.3 is 14.2 Å². The SMILES string of the molecule is Cc1cc(CCC(=O)c2ccnc(N3CCN(Cc4ccc(OC(F)(F)F)cc4)C3=O)c2)no1. The van der Waals surface area contributed by atoms with E-state index in [2.05, 4.69) is 14.9 Å². The number of halogens is 3. The van der Waals surface area contributed by atoms with Crippen LogP contribution in [-0.4, -0.2) is 46.3 Å². The molecule has 0 bridgehead atoms. The Balaban J connectivity index is 1.37. The highest BCUT2D eigenvalue weighted by molar-refractivity contribution is 5.98. The second-order valence-electron chi connectivity index (χ2n) is 7.80. The van der Waals surface area contributed by atoms with E-state index in [0.29, 0.717) is 47.9 Å². The van der Waals surface area contributed by atoms with Crippen molar-refractivity contribution in [2.24, 2.45) is 0 Å². The van der Waals surface area contributed by atoms with Crippen molar-refractivity contribution in [2.45, 2.75) is 32.7 Å². The predicted molar refractivity (Wildman–Crippen MR) is 114 cm³/mol. The van der Waals surface area contributed by atoms with Gasteiger partial charge in [-0.05, 0) is 36.8 Å². The van der Waals surface area contributed by atoms with Gasteiger partial charge in [-0.25, -0.2) is 9.78 Å². The average molecular weight is 474 g/mol. The molecule has 34 heavy (non-hydrogen) atoms. The number of pyridine rings is 1. The molecule has 3 heterocycles. The summed E-state index contributed by atoms with van der Waals surface area (Å²) in [4.78, 5) is 32.8. The van der Waals surface area contributed by atoms with Crippen LogP contribution < -0.4 is 9.64 Å². The molecule has 178 valence electrons. The Morgan fingerprint density at radius 2 is 1.91 bits per heavy atom. The summed E-state index contributed by atoms with van der Waals surface area (Å²) in [5, 5.41) is 3.88. The molecule has 1 aliphatic rings. The third kappa shape index (κ3) is 5.72. The molecule has 0 spiro atoms. The van der Waals surface area contributed by atoms with Gasteiger partial charge in [0.05, 0.1) is 5.69 Å². The number of alkyl halides is 3. The number of aryl methyl sites for hydroxylation is 2. The van der Waals surface area contributed by atoms with Crippen molar-refractivity contribution in [1.82, 2.24) is 15.0 Å². The molecular formula is C23H21F3N4O4. The highest BCUT2D eigenvalue weighted by Crippen LogP contribution is 2.25. The van der Waals surface area contributed by atoms with E-state index in [1.54, 1.807) is 30.0 Å². The summed E-state index contributed by atoms with van der Waals surface area (Å²) >= 11 is 0. The number of carbonyl (C=O) groups excluding carboxylic acids is 2. The Labute approximate surface area is 192 Å². The number of anilines is 1. The highest BCUT2D eigenvalue weighted by Gasteiger charge is 2.32. The molecule has 8 nitrogen and oxygen atoms in total. The van der Waals surface area contributed by atoms with Gasteiger partial charge in [0.1, 0.15) is 17.3 Å². The van der Waals surface area contributed by atoms with E-state index in [4.69, 9.17) is 4.52 Å². The first kappa shape index (κ1) is 23.3. The van der Waals surface area contributed by atoms with Gasteiger partial charge in [-0.3, -0.25) is 9.69 Å². The Kier molecular flexibility index (Phi) is 6.53. The van der Waals surface area contributed by atoms with Gasteiger partial charge in [0.15, 0.2) is 5.78 Å². The maximum Gasteiger partial charge on any atom is 0.573 e. The van der Waals surface area contributed by atoms with E-state index in [1.807, 2.05) is 0 Å². The molecule has 1 fully saturated rings. The van der Waals surface area contributed by atoms with E-state index in [1.165, 1.54) is 35.4 Å². The Bertz CT molecular complexity index is 1180. The first-order valence-corrected chi connectivity index (χ1v) is 10.5. The zero-order chi connectivity index (χ0) is 24.3. The molecule has 0 radical (unpaired) electrons. The average Bonchev–Trinajstić information content (AvgIpc) is 3.38. The smallest absolute Gasteiger partial charge is 0.406 e. The van der Waals surface area contributed by atoms with Gasteiger partial charge in [0.25, 0.3) is 0 Å². The maximum absolute atomic E-state index is 12.9. The summed E-state index contributed by atoms with van der Waals surface area (Å²) in [6.45, 7) is 2.78. The molecule has 1 aliphatic heterocycles. The molecule has 0 aliphatic carbocycles. The Morgan fingerprint density at radius 3 is 2.59 bits per heavy atom. The summed E-state index contributed by atoms with van der Waals surface area (Å²) < 4.78 is 45.8. The fourth-order valence-electron chi connectivity index (χ4n) is 3.62. The van der Waals surface area contributed by atoms with Crippen LogP contribution in [0.5, 0.6) is 5.75 Å². The van der Waals surface area contributed by atoms with Crippen molar-refractivity contribution in [3.05, 3.63) is 71.2 Å². The predicted octanol–water partition coefficient (Wildman–Crippen LogP) is 4.53. The van der Waals surface area contributed by atoms with Crippen molar-refractivity contribution in [3.8, 4) is 5.75 Å². The van der Waals surface area contributed by atoms with E-state index in [-0.39, 0.29) is 30.5 Å². The van der Waals surface area contributed by atoms with Crippen LogP contribution in [0.15, 0.2) is 53.2 Å². The van der Waals surface area contributed by atoms with E-state index in [9.17, 15) is 22.8 Å².